The van der Waals surface area contributed by atoms with E-state index < -0.39 is 0 Å². The third-order valence-electron chi connectivity index (χ3n) is 5.80. The second-order valence-electron chi connectivity index (χ2n) is 7.97. The van der Waals surface area contributed by atoms with Gasteiger partial charge in [-0.2, -0.15) is 10.1 Å². The highest BCUT2D eigenvalue weighted by Crippen LogP contribution is 2.23. The monoisotopic (exact) mass is 441 g/mol. The van der Waals surface area contributed by atoms with Crippen molar-refractivity contribution in [1.29, 1.82) is 0 Å². The summed E-state index contributed by atoms with van der Waals surface area (Å²) in [6.45, 7) is 1.03. The Bertz CT molecular complexity index is 1220. The van der Waals surface area contributed by atoms with Crippen molar-refractivity contribution in [2.24, 2.45) is 5.10 Å². The summed E-state index contributed by atoms with van der Waals surface area (Å²) < 4.78 is 5.38. The van der Waals surface area contributed by atoms with Crippen LogP contribution >= 0.6 is 0 Å². The van der Waals surface area contributed by atoms with Crippen LogP contribution in [0.3, 0.4) is 0 Å². The van der Waals surface area contributed by atoms with Crippen LogP contribution in [-0.4, -0.2) is 57.2 Å². The van der Waals surface area contributed by atoms with Crippen molar-refractivity contribution in [1.82, 2.24) is 20.0 Å². The van der Waals surface area contributed by atoms with E-state index in [1.807, 2.05) is 48.5 Å². The number of rotatable bonds is 5. The molecule has 0 saturated heterocycles. The SMILES string of the molecule is O=C(CN1N=C(c2nc(-c3ccccc3)no2)CCC1=O)N1CC=C(c2ccccc2)CC1. The summed E-state index contributed by atoms with van der Waals surface area (Å²) in [5, 5.41) is 9.62. The molecule has 2 amide bonds. The first kappa shape index (κ1) is 20.8. The minimum absolute atomic E-state index is 0.101. The number of benzene rings is 2. The van der Waals surface area contributed by atoms with Crippen LogP contribution in [0.25, 0.3) is 17.0 Å². The van der Waals surface area contributed by atoms with Gasteiger partial charge in [-0.1, -0.05) is 71.9 Å². The zero-order chi connectivity index (χ0) is 22.6. The van der Waals surface area contributed by atoms with E-state index >= 15 is 0 Å². The molecule has 0 atom stereocenters. The molecule has 0 fully saturated rings. The van der Waals surface area contributed by atoms with Gasteiger partial charge >= 0.3 is 0 Å². The van der Waals surface area contributed by atoms with Gasteiger partial charge in [-0.25, -0.2) is 5.01 Å². The van der Waals surface area contributed by atoms with Gasteiger partial charge in [0.1, 0.15) is 12.3 Å². The average molecular weight is 441 g/mol. The maximum Gasteiger partial charge on any atom is 0.274 e. The second kappa shape index (κ2) is 9.20. The third kappa shape index (κ3) is 4.59. The summed E-state index contributed by atoms with van der Waals surface area (Å²) in [7, 11) is 0. The van der Waals surface area contributed by atoms with Crippen LogP contribution in [0.5, 0.6) is 0 Å². The van der Waals surface area contributed by atoms with Gasteiger partial charge in [-0.05, 0) is 17.6 Å². The summed E-state index contributed by atoms with van der Waals surface area (Å²) in [4.78, 5) is 31.5. The van der Waals surface area contributed by atoms with Gasteiger partial charge in [0, 0.05) is 31.5 Å². The van der Waals surface area contributed by atoms with Crippen LogP contribution in [0.4, 0.5) is 0 Å². The Kier molecular flexibility index (Phi) is 5.80. The maximum absolute atomic E-state index is 12.9. The molecule has 0 aliphatic carbocycles. The van der Waals surface area contributed by atoms with Gasteiger partial charge in [0.15, 0.2) is 0 Å². The number of hydrogen-bond acceptors (Lipinski definition) is 6. The highest BCUT2D eigenvalue weighted by atomic mass is 16.5. The van der Waals surface area contributed by atoms with Crippen molar-refractivity contribution in [2.45, 2.75) is 19.3 Å². The predicted molar refractivity (Wildman–Crippen MR) is 123 cm³/mol. The van der Waals surface area contributed by atoms with Gasteiger partial charge in [-0.3, -0.25) is 9.59 Å². The smallest absolute Gasteiger partial charge is 0.274 e. The van der Waals surface area contributed by atoms with Crippen molar-refractivity contribution < 1.29 is 14.1 Å². The standard InChI is InChI=1S/C25H23N5O3/c31-22-12-11-21(25-26-24(28-33-25)20-9-5-2-6-10-20)27-30(22)17-23(32)29-15-13-19(14-16-29)18-7-3-1-4-8-18/h1-10,13H,11-12,14-17H2. The Hall–Kier alpha value is -4.07. The van der Waals surface area contributed by atoms with Gasteiger partial charge in [-0.15, -0.1) is 0 Å². The van der Waals surface area contributed by atoms with Crippen molar-refractivity contribution in [3.05, 3.63) is 78.2 Å². The van der Waals surface area contributed by atoms with Crippen LogP contribution < -0.4 is 0 Å². The van der Waals surface area contributed by atoms with Crippen LogP contribution in [-0.2, 0) is 9.59 Å². The lowest BCUT2D eigenvalue weighted by molar-refractivity contribution is -0.140. The first-order chi connectivity index (χ1) is 16.2. The number of amides is 2. The minimum atomic E-state index is -0.188. The topological polar surface area (TPSA) is 91.9 Å². The summed E-state index contributed by atoms with van der Waals surface area (Å²) >= 11 is 0. The van der Waals surface area contributed by atoms with Gasteiger partial charge in [0.05, 0.1) is 0 Å². The molecule has 3 heterocycles. The summed E-state index contributed by atoms with van der Waals surface area (Å²) in [5.74, 6) is 0.411. The number of aromatic nitrogens is 2. The Morgan fingerprint density at radius 2 is 1.67 bits per heavy atom. The molecule has 3 aromatic rings. The van der Waals surface area contributed by atoms with E-state index in [0.29, 0.717) is 31.0 Å². The molecule has 5 rings (SSSR count). The van der Waals surface area contributed by atoms with Crippen molar-refractivity contribution >= 4 is 23.1 Å². The van der Waals surface area contributed by atoms with E-state index in [4.69, 9.17) is 4.52 Å². The lowest BCUT2D eigenvalue weighted by Crippen LogP contribution is -2.44. The number of hydrogen-bond donors (Lipinski definition) is 0. The fourth-order valence-electron chi connectivity index (χ4n) is 3.96. The molecule has 166 valence electrons. The number of hydrazone groups is 1. The van der Waals surface area contributed by atoms with Crippen LogP contribution in [0, 0.1) is 0 Å². The highest BCUT2D eigenvalue weighted by Gasteiger charge is 2.28. The van der Waals surface area contributed by atoms with Gasteiger partial charge in [0.25, 0.3) is 5.89 Å². The minimum Gasteiger partial charge on any atom is -0.337 e. The van der Waals surface area contributed by atoms with Crippen molar-refractivity contribution in [2.75, 3.05) is 19.6 Å². The fraction of sp³-hybridized carbons (Fsp3) is 0.240. The molecule has 2 aliphatic rings. The van der Waals surface area contributed by atoms with E-state index in [2.05, 4.69) is 33.5 Å². The zero-order valence-corrected chi connectivity index (χ0v) is 18.1. The van der Waals surface area contributed by atoms with Crippen LogP contribution in [0.15, 0.2) is 76.4 Å². The molecule has 2 aromatic carbocycles. The molecule has 0 N–H and O–H groups in total. The van der Waals surface area contributed by atoms with Gasteiger partial charge in [0.2, 0.25) is 17.6 Å². The Labute approximate surface area is 191 Å². The first-order valence-corrected chi connectivity index (χ1v) is 11.0. The first-order valence-electron chi connectivity index (χ1n) is 11.0. The molecule has 0 unspecified atom stereocenters. The quantitative estimate of drug-likeness (QED) is 0.605. The number of carbonyl (C=O) groups excluding carboxylic acids is 2. The molecule has 0 spiro atoms. The van der Waals surface area contributed by atoms with E-state index in [1.165, 1.54) is 16.1 Å². The molecule has 8 nitrogen and oxygen atoms in total. The highest BCUT2D eigenvalue weighted by molar-refractivity contribution is 6.01. The van der Waals surface area contributed by atoms with Gasteiger partial charge < -0.3 is 9.42 Å². The third-order valence-corrected chi connectivity index (χ3v) is 5.80. The lowest BCUT2D eigenvalue weighted by Gasteiger charge is -2.29. The summed E-state index contributed by atoms with van der Waals surface area (Å²) in [6, 6.07) is 19.7. The molecule has 0 bridgehead atoms. The molecular formula is C25H23N5O3. The molecular weight excluding hydrogens is 418 g/mol. The molecule has 8 heteroatoms. The van der Waals surface area contributed by atoms with E-state index in [1.54, 1.807) is 4.90 Å². The lowest BCUT2D eigenvalue weighted by atomic mass is 9.99. The second-order valence-corrected chi connectivity index (χ2v) is 7.97. The van der Waals surface area contributed by atoms with Crippen molar-refractivity contribution in [3.63, 3.8) is 0 Å². The number of nitrogens with zero attached hydrogens (tertiary/aromatic N) is 5. The average Bonchev–Trinajstić information content (AvgIpc) is 3.37. The normalized spacial score (nSPS) is 16.4. The maximum atomic E-state index is 12.9. The summed E-state index contributed by atoms with van der Waals surface area (Å²) in [6.07, 6.45) is 3.50. The van der Waals surface area contributed by atoms with E-state index in [-0.39, 0.29) is 30.7 Å². The fourth-order valence-corrected chi connectivity index (χ4v) is 3.96. The van der Waals surface area contributed by atoms with E-state index in [0.717, 1.165) is 12.0 Å². The zero-order valence-electron chi connectivity index (χ0n) is 18.1. The molecule has 33 heavy (non-hydrogen) atoms. The van der Waals surface area contributed by atoms with Crippen LogP contribution in [0.2, 0.25) is 0 Å². The molecule has 0 radical (unpaired) electrons. The molecule has 0 saturated carbocycles. The van der Waals surface area contributed by atoms with Crippen LogP contribution in [0.1, 0.15) is 30.7 Å². The van der Waals surface area contributed by atoms with E-state index in [9.17, 15) is 9.59 Å². The van der Waals surface area contributed by atoms with Crippen molar-refractivity contribution in [3.8, 4) is 11.4 Å². The largest absolute Gasteiger partial charge is 0.337 e. The predicted octanol–water partition coefficient (Wildman–Crippen LogP) is 3.38. The molecule has 1 aromatic heterocycles. The Morgan fingerprint density at radius 1 is 0.939 bits per heavy atom. The number of carbonyl (C=O) groups is 2. The summed E-state index contributed by atoms with van der Waals surface area (Å²) in [5.41, 5.74) is 3.76. The Balaban J connectivity index is 1.26. The Morgan fingerprint density at radius 3 is 2.36 bits per heavy atom. The molecule has 2 aliphatic heterocycles.